The Morgan fingerprint density at radius 3 is 2.74 bits per heavy atom. The van der Waals surface area contributed by atoms with E-state index < -0.39 is 0 Å². The molecule has 3 heterocycles. The number of fused-ring (bicyclic) bond motifs is 1. The smallest absolute Gasteiger partial charge is 0.251 e. The molecule has 0 aliphatic heterocycles. The molecule has 4 aromatic rings. The van der Waals surface area contributed by atoms with Crippen LogP contribution in [0.5, 0.6) is 0 Å². The summed E-state index contributed by atoms with van der Waals surface area (Å²) < 4.78 is 0. The third-order valence-corrected chi connectivity index (χ3v) is 4.97. The highest BCUT2D eigenvalue weighted by Gasteiger charge is 2.11. The highest BCUT2D eigenvalue weighted by molar-refractivity contribution is 6.06. The SMILES string of the molecule is CNC(=O)c1ccnc2c(CCNc3cc(-c4ccnc(CO)c4)ncn3)cccc12. The summed E-state index contributed by atoms with van der Waals surface area (Å²) in [5.41, 5.74) is 4.68. The van der Waals surface area contributed by atoms with Gasteiger partial charge in [0.1, 0.15) is 12.1 Å². The van der Waals surface area contributed by atoms with Crippen molar-refractivity contribution in [1.82, 2.24) is 25.3 Å². The minimum Gasteiger partial charge on any atom is -0.390 e. The zero-order valence-corrected chi connectivity index (χ0v) is 17.0. The number of anilines is 1. The standard InChI is InChI=1S/C23H22N6O2/c1-24-23(31)19-7-10-27-22-15(3-2-4-18(19)22)5-9-26-21-12-20(28-14-29-21)16-6-8-25-17(11-16)13-30/h2-4,6-8,10-12,14,30H,5,9,13H2,1H3,(H,24,31)(H,26,28,29). The number of carbonyl (C=O) groups excluding carboxylic acids is 1. The lowest BCUT2D eigenvalue weighted by molar-refractivity contribution is 0.0964. The highest BCUT2D eigenvalue weighted by atomic mass is 16.3. The van der Waals surface area contributed by atoms with Gasteiger partial charge >= 0.3 is 0 Å². The van der Waals surface area contributed by atoms with Crippen molar-refractivity contribution in [3.05, 3.63) is 78.0 Å². The van der Waals surface area contributed by atoms with E-state index in [1.165, 1.54) is 6.33 Å². The van der Waals surface area contributed by atoms with Crippen LogP contribution in [0.4, 0.5) is 5.82 Å². The molecule has 8 heteroatoms. The number of para-hydroxylation sites is 1. The van der Waals surface area contributed by atoms with Crippen LogP contribution in [0.25, 0.3) is 22.2 Å². The van der Waals surface area contributed by atoms with Gasteiger partial charge in [-0.2, -0.15) is 0 Å². The van der Waals surface area contributed by atoms with Gasteiger partial charge in [-0.25, -0.2) is 9.97 Å². The number of amides is 1. The number of pyridine rings is 2. The highest BCUT2D eigenvalue weighted by Crippen LogP contribution is 2.22. The predicted octanol–water partition coefficient (Wildman–Crippen LogP) is 2.59. The lowest BCUT2D eigenvalue weighted by Crippen LogP contribution is -2.18. The zero-order valence-electron chi connectivity index (χ0n) is 17.0. The number of nitrogens with one attached hydrogen (secondary N) is 2. The van der Waals surface area contributed by atoms with E-state index in [1.54, 1.807) is 31.6 Å². The molecule has 0 fully saturated rings. The summed E-state index contributed by atoms with van der Waals surface area (Å²) in [5, 5.41) is 16.1. The number of carbonyl (C=O) groups is 1. The summed E-state index contributed by atoms with van der Waals surface area (Å²) in [6, 6.07) is 13.1. The van der Waals surface area contributed by atoms with Crippen LogP contribution in [-0.4, -0.2) is 44.5 Å². The topological polar surface area (TPSA) is 113 Å². The van der Waals surface area contributed by atoms with Crippen LogP contribution in [0.2, 0.25) is 0 Å². The molecule has 0 saturated carbocycles. The van der Waals surface area contributed by atoms with E-state index in [0.717, 1.165) is 27.7 Å². The average molecular weight is 414 g/mol. The van der Waals surface area contributed by atoms with Crippen LogP contribution in [0.1, 0.15) is 21.6 Å². The quantitative estimate of drug-likeness (QED) is 0.426. The Labute approximate surface area is 179 Å². The van der Waals surface area contributed by atoms with Crippen molar-refractivity contribution in [2.24, 2.45) is 0 Å². The molecular formula is C23H22N6O2. The Balaban J connectivity index is 1.50. The van der Waals surface area contributed by atoms with Gasteiger partial charge in [-0.15, -0.1) is 0 Å². The number of hydrogen-bond donors (Lipinski definition) is 3. The molecule has 8 nitrogen and oxygen atoms in total. The van der Waals surface area contributed by atoms with Gasteiger partial charge in [-0.3, -0.25) is 14.8 Å². The molecule has 0 spiro atoms. The predicted molar refractivity (Wildman–Crippen MR) is 119 cm³/mol. The van der Waals surface area contributed by atoms with Crippen molar-refractivity contribution in [2.45, 2.75) is 13.0 Å². The number of aliphatic hydroxyl groups excluding tert-OH is 1. The first-order chi connectivity index (χ1) is 15.2. The summed E-state index contributed by atoms with van der Waals surface area (Å²) in [6.07, 6.45) is 5.53. The molecule has 0 unspecified atom stereocenters. The summed E-state index contributed by atoms with van der Waals surface area (Å²) in [7, 11) is 1.62. The molecular weight excluding hydrogens is 392 g/mol. The second-order valence-corrected chi connectivity index (χ2v) is 6.91. The number of aromatic nitrogens is 4. The first-order valence-electron chi connectivity index (χ1n) is 9.90. The summed E-state index contributed by atoms with van der Waals surface area (Å²) in [5.74, 6) is 0.572. The van der Waals surface area contributed by atoms with E-state index in [1.807, 2.05) is 30.3 Å². The van der Waals surface area contributed by atoms with Gasteiger partial charge in [0.25, 0.3) is 5.91 Å². The molecule has 0 aliphatic rings. The minimum atomic E-state index is -0.128. The molecule has 0 saturated heterocycles. The molecule has 31 heavy (non-hydrogen) atoms. The molecule has 3 aromatic heterocycles. The fourth-order valence-electron chi connectivity index (χ4n) is 3.43. The normalized spacial score (nSPS) is 10.8. The second-order valence-electron chi connectivity index (χ2n) is 6.91. The third-order valence-electron chi connectivity index (χ3n) is 4.97. The van der Waals surface area contributed by atoms with Gasteiger partial charge in [-0.1, -0.05) is 18.2 Å². The summed E-state index contributed by atoms with van der Waals surface area (Å²) >= 11 is 0. The van der Waals surface area contributed by atoms with Gasteiger partial charge < -0.3 is 15.7 Å². The van der Waals surface area contributed by atoms with E-state index in [9.17, 15) is 9.90 Å². The Kier molecular flexibility index (Phi) is 6.09. The van der Waals surface area contributed by atoms with E-state index in [-0.39, 0.29) is 12.5 Å². The first kappa shape index (κ1) is 20.4. The van der Waals surface area contributed by atoms with Crippen molar-refractivity contribution in [3.8, 4) is 11.3 Å². The first-order valence-corrected chi connectivity index (χ1v) is 9.90. The molecule has 1 amide bonds. The van der Waals surface area contributed by atoms with Gasteiger partial charge in [0.2, 0.25) is 0 Å². The Hall–Kier alpha value is -3.91. The largest absolute Gasteiger partial charge is 0.390 e. The molecule has 1 aromatic carbocycles. The van der Waals surface area contributed by atoms with Crippen LogP contribution >= 0.6 is 0 Å². The maximum Gasteiger partial charge on any atom is 0.251 e. The lowest BCUT2D eigenvalue weighted by Gasteiger charge is -2.10. The number of aliphatic hydroxyl groups is 1. The molecule has 0 atom stereocenters. The van der Waals surface area contributed by atoms with Crippen LogP contribution in [0.3, 0.4) is 0 Å². The maximum absolute atomic E-state index is 12.1. The van der Waals surface area contributed by atoms with Gasteiger partial charge in [0.15, 0.2) is 0 Å². The van der Waals surface area contributed by atoms with E-state index in [0.29, 0.717) is 30.0 Å². The third kappa shape index (κ3) is 4.49. The molecule has 0 radical (unpaired) electrons. The minimum absolute atomic E-state index is 0.120. The molecule has 156 valence electrons. The summed E-state index contributed by atoms with van der Waals surface area (Å²) in [4.78, 5) is 29.3. The van der Waals surface area contributed by atoms with Gasteiger partial charge in [0, 0.05) is 43.0 Å². The Morgan fingerprint density at radius 2 is 1.90 bits per heavy atom. The molecule has 0 aliphatic carbocycles. The Bertz CT molecular complexity index is 1230. The van der Waals surface area contributed by atoms with Gasteiger partial charge in [0.05, 0.1) is 29.1 Å². The van der Waals surface area contributed by atoms with Crippen molar-refractivity contribution >= 4 is 22.6 Å². The average Bonchev–Trinajstić information content (AvgIpc) is 2.83. The number of nitrogens with zero attached hydrogens (tertiary/aromatic N) is 4. The number of benzene rings is 1. The van der Waals surface area contributed by atoms with Crippen molar-refractivity contribution in [2.75, 3.05) is 18.9 Å². The van der Waals surface area contributed by atoms with Gasteiger partial charge in [-0.05, 0) is 30.2 Å². The fraction of sp³-hybridized carbons (Fsp3) is 0.174. The second kappa shape index (κ2) is 9.27. The maximum atomic E-state index is 12.1. The fourth-order valence-corrected chi connectivity index (χ4v) is 3.43. The molecule has 4 rings (SSSR count). The van der Waals surface area contributed by atoms with Crippen LogP contribution < -0.4 is 10.6 Å². The van der Waals surface area contributed by atoms with Crippen LogP contribution in [0.15, 0.2) is 61.2 Å². The summed E-state index contributed by atoms with van der Waals surface area (Å²) in [6.45, 7) is 0.518. The molecule has 0 bridgehead atoms. The zero-order chi connectivity index (χ0) is 21.6. The van der Waals surface area contributed by atoms with E-state index >= 15 is 0 Å². The van der Waals surface area contributed by atoms with Crippen LogP contribution in [-0.2, 0) is 13.0 Å². The van der Waals surface area contributed by atoms with Crippen LogP contribution in [0, 0.1) is 0 Å². The monoisotopic (exact) mass is 414 g/mol. The van der Waals surface area contributed by atoms with Crippen molar-refractivity contribution in [3.63, 3.8) is 0 Å². The number of rotatable bonds is 7. The lowest BCUT2D eigenvalue weighted by atomic mass is 10.0. The van der Waals surface area contributed by atoms with E-state index in [2.05, 4.69) is 30.6 Å². The van der Waals surface area contributed by atoms with Crippen molar-refractivity contribution < 1.29 is 9.90 Å². The number of hydrogen-bond acceptors (Lipinski definition) is 7. The van der Waals surface area contributed by atoms with E-state index in [4.69, 9.17) is 0 Å². The van der Waals surface area contributed by atoms with Crippen molar-refractivity contribution in [1.29, 1.82) is 0 Å². The Morgan fingerprint density at radius 1 is 1.03 bits per heavy atom. The molecule has 3 N–H and O–H groups in total.